The molecule has 1 atom stereocenters. The van der Waals surface area contributed by atoms with E-state index in [1.165, 1.54) is 0 Å². The third-order valence-corrected chi connectivity index (χ3v) is 6.00. The number of likely N-dealkylation sites (tertiary alicyclic amines) is 1. The van der Waals surface area contributed by atoms with Gasteiger partial charge in [-0.05, 0) is 48.7 Å². The fraction of sp³-hybridized carbons (Fsp3) is 0.280. The molecule has 3 aromatic heterocycles. The van der Waals surface area contributed by atoms with Gasteiger partial charge in [-0.25, -0.2) is 9.97 Å². The quantitative estimate of drug-likeness (QED) is 0.466. The van der Waals surface area contributed by atoms with Gasteiger partial charge in [-0.2, -0.15) is 5.10 Å². The first kappa shape index (κ1) is 20.2. The Labute approximate surface area is 187 Å². The maximum absolute atomic E-state index is 13.3. The monoisotopic (exact) mass is 426 g/mol. The SMILES string of the molecule is CCc1nccn1-c1cccc([C@@H]2CCCN2C(=O)c2ccc(Cn3cccn3)cc2)n1. The van der Waals surface area contributed by atoms with Crippen molar-refractivity contribution in [2.75, 3.05) is 6.54 Å². The molecule has 1 aliphatic rings. The second-order valence-electron chi connectivity index (χ2n) is 8.04. The fourth-order valence-corrected chi connectivity index (χ4v) is 4.38. The van der Waals surface area contributed by atoms with Crippen LogP contribution in [0.4, 0.5) is 0 Å². The van der Waals surface area contributed by atoms with Crippen molar-refractivity contribution in [3.8, 4) is 5.82 Å². The van der Waals surface area contributed by atoms with Crippen molar-refractivity contribution in [1.29, 1.82) is 0 Å². The average Bonchev–Trinajstić information content (AvgIpc) is 3.61. The predicted molar refractivity (Wildman–Crippen MR) is 122 cm³/mol. The molecule has 0 spiro atoms. The Balaban J connectivity index is 1.35. The molecule has 0 bridgehead atoms. The van der Waals surface area contributed by atoms with E-state index in [1.54, 1.807) is 12.4 Å². The van der Waals surface area contributed by atoms with E-state index in [-0.39, 0.29) is 11.9 Å². The van der Waals surface area contributed by atoms with Gasteiger partial charge in [-0.1, -0.05) is 25.1 Å². The van der Waals surface area contributed by atoms with Crippen LogP contribution in [0.1, 0.15) is 53.2 Å². The number of imidazole rings is 1. The summed E-state index contributed by atoms with van der Waals surface area (Å²) in [7, 11) is 0. The first-order valence-corrected chi connectivity index (χ1v) is 11.1. The minimum atomic E-state index is -0.0141. The Morgan fingerprint density at radius 2 is 1.94 bits per heavy atom. The Hall–Kier alpha value is -3.74. The van der Waals surface area contributed by atoms with Crippen molar-refractivity contribution >= 4 is 5.91 Å². The van der Waals surface area contributed by atoms with E-state index < -0.39 is 0 Å². The summed E-state index contributed by atoms with van der Waals surface area (Å²) in [5.74, 6) is 1.88. The number of amides is 1. The molecule has 1 fully saturated rings. The summed E-state index contributed by atoms with van der Waals surface area (Å²) < 4.78 is 3.89. The number of aryl methyl sites for hydroxylation is 1. The van der Waals surface area contributed by atoms with Crippen molar-refractivity contribution in [3.63, 3.8) is 0 Å². The Kier molecular flexibility index (Phi) is 5.54. The zero-order valence-electron chi connectivity index (χ0n) is 18.1. The van der Waals surface area contributed by atoms with Crippen molar-refractivity contribution in [1.82, 2.24) is 29.2 Å². The van der Waals surface area contributed by atoms with Crippen LogP contribution in [0.2, 0.25) is 0 Å². The standard InChI is InChI=1S/C25H26N6O/c1-2-23-26-14-17-31(23)24-8-3-6-21(28-24)22-7-4-16-30(22)25(32)20-11-9-19(10-12-20)18-29-15-5-13-27-29/h3,5-6,8-15,17,22H,2,4,7,16,18H2,1H3/t22-/m0/s1. The van der Waals surface area contributed by atoms with Crippen LogP contribution in [0.5, 0.6) is 0 Å². The molecule has 0 aliphatic carbocycles. The third kappa shape index (κ3) is 3.93. The first-order chi connectivity index (χ1) is 15.7. The largest absolute Gasteiger partial charge is 0.330 e. The van der Waals surface area contributed by atoms with Gasteiger partial charge in [0.15, 0.2) is 0 Å². The normalized spacial score (nSPS) is 15.9. The number of pyridine rings is 1. The van der Waals surface area contributed by atoms with Gasteiger partial charge in [-0.15, -0.1) is 0 Å². The van der Waals surface area contributed by atoms with Gasteiger partial charge < -0.3 is 4.90 Å². The predicted octanol–water partition coefficient (Wildman–Crippen LogP) is 4.05. The molecule has 0 N–H and O–H groups in total. The summed E-state index contributed by atoms with van der Waals surface area (Å²) in [6, 6.07) is 15.8. The molecule has 162 valence electrons. The zero-order valence-corrected chi connectivity index (χ0v) is 18.1. The van der Waals surface area contributed by atoms with Crippen molar-refractivity contribution in [3.05, 3.63) is 96.0 Å². The first-order valence-electron chi connectivity index (χ1n) is 11.1. The lowest BCUT2D eigenvalue weighted by Gasteiger charge is -2.25. The molecule has 0 saturated carbocycles. The molecular formula is C25H26N6O. The van der Waals surface area contributed by atoms with Crippen LogP contribution in [0.15, 0.2) is 73.3 Å². The maximum atomic E-state index is 13.3. The van der Waals surface area contributed by atoms with Crippen molar-refractivity contribution in [2.24, 2.45) is 0 Å². The topological polar surface area (TPSA) is 68.8 Å². The van der Waals surface area contributed by atoms with Crippen LogP contribution >= 0.6 is 0 Å². The van der Waals surface area contributed by atoms with Crippen LogP contribution < -0.4 is 0 Å². The number of hydrogen-bond donors (Lipinski definition) is 0. The fourth-order valence-electron chi connectivity index (χ4n) is 4.38. The number of nitrogens with zero attached hydrogens (tertiary/aromatic N) is 6. The van der Waals surface area contributed by atoms with Crippen molar-refractivity contribution < 1.29 is 4.79 Å². The minimum absolute atomic E-state index is 0.0141. The molecule has 1 aromatic carbocycles. The summed E-state index contributed by atoms with van der Waals surface area (Å²) >= 11 is 0. The second-order valence-corrected chi connectivity index (χ2v) is 8.04. The molecule has 32 heavy (non-hydrogen) atoms. The highest BCUT2D eigenvalue weighted by Gasteiger charge is 2.31. The summed E-state index contributed by atoms with van der Waals surface area (Å²) in [6.07, 6.45) is 10.2. The van der Waals surface area contributed by atoms with Gasteiger partial charge in [0.25, 0.3) is 5.91 Å². The van der Waals surface area contributed by atoms with E-state index in [4.69, 9.17) is 4.98 Å². The average molecular weight is 427 g/mol. The van der Waals surface area contributed by atoms with Crippen LogP contribution in [0, 0.1) is 0 Å². The van der Waals surface area contributed by atoms with Crippen LogP contribution in [-0.2, 0) is 13.0 Å². The number of carbonyl (C=O) groups is 1. The molecule has 4 aromatic rings. The van der Waals surface area contributed by atoms with Gasteiger partial charge in [0, 0.05) is 43.3 Å². The number of rotatable bonds is 6. The number of benzene rings is 1. The van der Waals surface area contributed by atoms with E-state index in [9.17, 15) is 4.79 Å². The van der Waals surface area contributed by atoms with Gasteiger partial charge in [0.05, 0.1) is 18.3 Å². The molecule has 1 amide bonds. The van der Waals surface area contributed by atoms with Crippen LogP contribution in [0.3, 0.4) is 0 Å². The van der Waals surface area contributed by atoms with Gasteiger partial charge in [0.2, 0.25) is 0 Å². The molecule has 1 aliphatic heterocycles. The van der Waals surface area contributed by atoms with Crippen molar-refractivity contribution in [2.45, 2.75) is 38.8 Å². The van der Waals surface area contributed by atoms with Crippen LogP contribution in [0.25, 0.3) is 5.82 Å². The Bertz CT molecular complexity index is 1200. The van der Waals surface area contributed by atoms with E-state index in [1.807, 2.05) is 75.1 Å². The van der Waals surface area contributed by atoms with Gasteiger partial charge in [-0.3, -0.25) is 14.0 Å². The molecule has 7 heteroatoms. The lowest BCUT2D eigenvalue weighted by molar-refractivity contribution is 0.0733. The van der Waals surface area contributed by atoms with E-state index >= 15 is 0 Å². The summed E-state index contributed by atoms with van der Waals surface area (Å²) in [4.78, 5) is 24.6. The Morgan fingerprint density at radius 3 is 2.72 bits per heavy atom. The highest BCUT2D eigenvalue weighted by atomic mass is 16.2. The number of hydrogen-bond acceptors (Lipinski definition) is 4. The molecule has 7 nitrogen and oxygen atoms in total. The van der Waals surface area contributed by atoms with Gasteiger partial charge >= 0.3 is 0 Å². The maximum Gasteiger partial charge on any atom is 0.254 e. The summed E-state index contributed by atoms with van der Waals surface area (Å²) in [6.45, 7) is 3.52. The summed E-state index contributed by atoms with van der Waals surface area (Å²) in [5.41, 5.74) is 2.75. The van der Waals surface area contributed by atoms with E-state index in [0.29, 0.717) is 12.1 Å². The third-order valence-electron chi connectivity index (χ3n) is 6.00. The molecular weight excluding hydrogens is 400 g/mol. The molecule has 1 saturated heterocycles. The summed E-state index contributed by atoms with van der Waals surface area (Å²) in [5, 5.41) is 4.24. The highest BCUT2D eigenvalue weighted by Crippen LogP contribution is 2.32. The Morgan fingerprint density at radius 1 is 1.06 bits per heavy atom. The second kappa shape index (κ2) is 8.78. The van der Waals surface area contributed by atoms with Crippen LogP contribution in [-0.4, -0.2) is 41.7 Å². The molecule has 0 unspecified atom stereocenters. The zero-order chi connectivity index (χ0) is 21.9. The van der Waals surface area contributed by atoms with E-state index in [0.717, 1.165) is 48.7 Å². The molecule has 0 radical (unpaired) electrons. The smallest absolute Gasteiger partial charge is 0.254 e. The highest BCUT2D eigenvalue weighted by molar-refractivity contribution is 5.94. The molecule has 4 heterocycles. The minimum Gasteiger partial charge on any atom is -0.330 e. The number of carbonyl (C=O) groups excluding carboxylic acids is 1. The number of aromatic nitrogens is 5. The van der Waals surface area contributed by atoms with Gasteiger partial charge in [0.1, 0.15) is 11.6 Å². The lowest BCUT2D eigenvalue weighted by atomic mass is 10.1. The molecule has 5 rings (SSSR count). The lowest BCUT2D eigenvalue weighted by Crippen LogP contribution is -2.31. The van der Waals surface area contributed by atoms with E-state index in [2.05, 4.69) is 17.0 Å².